The first kappa shape index (κ1) is 19.3. The first-order valence-electron chi connectivity index (χ1n) is 9.92. The molecule has 1 aliphatic rings. The summed E-state index contributed by atoms with van der Waals surface area (Å²) in [5, 5.41) is 7.91. The van der Waals surface area contributed by atoms with Crippen molar-refractivity contribution in [2.75, 3.05) is 18.1 Å². The van der Waals surface area contributed by atoms with Crippen LogP contribution in [-0.4, -0.2) is 35.4 Å². The van der Waals surface area contributed by atoms with Gasteiger partial charge in [0.2, 0.25) is 11.8 Å². The average molecular weight is 391 g/mol. The van der Waals surface area contributed by atoms with Gasteiger partial charge >= 0.3 is 0 Å². The van der Waals surface area contributed by atoms with E-state index in [0.717, 1.165) is 35.2 Å². The zero-order valence-electron chi connectivity index (χ0n) is 17.0. The lowest BCUT2D eigenvalue weighted by molar-refractivity contribution is 0.0772. The van der Waals surface area contributed by atoms with Crippen molar-refractivity contribution in [3.05, 3.63) is 65.0 Å². The molecule has 2 aromatic carbocycles. The largest absolute Gasteiger partial charge is 0.421 e. The first-order chi connectivity index (χ1) is 14.0. The van der Waals surface area contributed by atoms with Crippen molar-refractivity contribution in [1.29, 1.82) is 0 Å². The summed E-state index contributed by atoms with van der Waals surface area (Å²) >= 11 is 0. The Balaban J connectivity index is 1.68. The molecule has 0 saturated carbocycles. The molecule has 1 aromatic heterocycles. The zero-order valence-corrected chi connectivity index (χ0v) is 17.0. The van der Waals surface area contributed by atoms with Crippen molar-refractivity contribution in [1.82, 2.24) is 10.2 Å². The smallest absolute Gasteiger partial charge is 0.258 e. The highest BCUT2D eigenvalue weighted by molar-refractivity contribution is 6.07. The summed E-state index contributed by atoms with van der Waals surface area (Å²) in [6.07, 6.45) is 1.66. The third-order valence-electron chi connectivity index (χ3n) is 5.30. The van der Waals surface area contributed by atoms with Gasteiger partial charge in [0.25, 0.3) is 5.91 Å². The Hall–Kier alpha value is -2.99. The maximum atomic E-state index is 13.6. The molecule has 4 rings (SSSR count). The van der Waals surface area contributed by atoms with Gasteiger partial charge in [0, 0.05) is 43.0 Å². The zero-order chi connectivity index (χ0) is 20.4. The van der Waals surface area contributed by atoms with E-state index in [1.807, 2.05) is 29.2 Å². The van der Waals surface area contributed by atoms with E-state index in [-0.39, 0.29) is 11.9 Å². The Labute approximate surface area is 170 Å². The first-order valence-corrected chi connectivity index (χ1v) is 9.92. The van der Waals surface area contributed by atoms with Crippen LogP contribution in [0.2, 0.25) is 0 Å². The average Bonchev–Trinajstić information content (AvgIpc) is 3.18. The van der Waals surface area contributed by atoms with Gasteiger partial charge in [-0.2, -0.15) is 0 Å². The van der Waals surface area contributed by atoms with Crippen molar-refractivity contribution in [3.63, 3.8) is 0 Å². The molecular formula is C23H25N3O3. The highest BCUT2D eigenvalue weighted by Gasteiger charge is 2.29. The summed E-state index contributed by atoms with van der Waals surface area (Å²) in [6, 6.07) is 13.7. The standard InChI is InChI=1S/C23H25N3O3/c1-15-4-5-16(2)21(14-15)26(20-10-12-28-13-11-20)23(27)19-8-6-18(7-9-19)22-25-24-17(3)29-22/h4-9,14,20H,10-13H2,1-3H3. The maximum Gasteiger partial charge on any atom is 0.258 e. The summed E-state index contributed by atoms with van der Waals surface area (Å²) in [5.74, 6) is 0.969. The molecule has 1 amide bonds. The van der Waals surface area contributed by atoms with E-state index in [9.17, 15) is 4.79 Å². The quantitative estimate of drug-likeness (QED) is 0.656. The molecule has 0 radical (unpaired) electrons. The number of aromatic nitrogens is 2. The predicted octanol–water partition coefficient (Wildman–Crippen LogP) is 4.49. The second-order valence-corrected chi connectivity index (χ2v) is 7.51. The summed E-state index contributed by atoms with van der Waals surface area (Å²) in [7, 11) is 0. The second kappa shape index (κ2) is 8.17. The normalized spacial score (nSPS) is 14.7. The van der Waals surface area contributed by atoms with Gasteiger partial charge in [-0.05, 0) is 68.1 Å². The number of carbonyl (C=O) groups is 1. The molecule has 2 heterocycles. The van der Waals surface area contributed by atoms with E-state index in [1.165, 1.54) is 0 Å². The maximum absolute atomic E-state index is 13.6. The highest BCUT2D eigenvalue weighted by atomic mass is 16.5. The Morgan fingerprint density at radius 2 is 1.72 bits per heavy atom. The molecule has 0 spiro atoms. The van der Waals surface area contributed by atoms with Crippen LogP contribution in [0.4, 0.5) is 5.69 Å². The molecule has 0 bridgehead atoms. The Morgan fingerprint density at radius 3 is 2.38 bits per heavy atom. The van der Waals surface area contributed by atoms with Crippen LogP contribution >= 0.6 is 0 Å². The van der Waals surface area contributed by atoms with Crippen molar-refractivity contribution >= 4 is 11.6 Å². The molecule has 150 valence electrons. The molecule has 1 fully saturated rings. The van der Waals surface area contributed by atoms with Crippen LogP contribution in [0.15, 0.2) is 46.9 Å². The fraction of sp³-hybridized carbons (Fsp3) is 0.348. The summed E-state index contributed by atoms with van der Waals surface area (Å²) < 4.78 is 11.0. The molecule has 29 heavy (non-hydrogen) atoms. The van der Waals surface area contributed by atoms with Crippen LogP contribution in [0.1, 0.15) is 40.2 Å². The molecule has 0 aliphatic carbocycles. The van der Waals surface area contributed by atoms with Crippen LogP contribution in [-0.2, 0) is 4.74 Å². The van der Waals surface area contributed by atoms with E-state index < -0.39 is 0 Å². The minimum Gasteiger partial charge on any atom is -0.421 e. The SMILES string of the molecule is Cc1ccc(C)c(N(C(=O)c2ccc(-c3nnc(C)o3)cc2)C2CCOCC2)c1. The van der Waals surface area contributed by atoms with Gasteiger partial charge in [0.1, 0.15) is 0 Å². The number of amides is 1. The number of hydrogen-bond acceptors (Lipinski definition) is 5. The molecular weight excluding hydrogens is 366 g/mol. The molecule has 0 N–H and O–H groups in total. The van der Waals surface area contributed by atoms with Crippen LogP contribution in [0.3, 0.4) is 0 Å². The van der Waals surface area contributed by atoms with E-state index >= 15 is 0 Å². The van der Waals surface area contributed by atoms with Crippen molar-refractivity contribution in [2.45, 2.75) is 39.7 Å². The summed E-state index contributed by atoms with van der Waals surface area (Å²) in [4.78, 5) is 15.5. The highest BCUT2D eigenvalue weighted by Crippen LogP contribution is 2.29. The number of rotatable bonds is 4. The van der Waals surface area contributed by atoms with E-state index in [0.29, 0.717) is 30.6 Å². The summed E-state index contributed by atoms with van der Waals surface area (Å²) in [6.45, 7) is 7.21. The molecule has 1 saturated heterocycles. The molecule has 6 nitrogen and oxygen atoms in total. The number of anilines is 1. The number of aryl methyl sites for hydroxylation is 3. The van der Waals surface area contributed by atoms with Gasteiger partial charge in [0.15, 0.2) is 0 Å². The van der Waals surface area contributed by atoms with Crippen LogP contribution in [0, 0.1) is 20.8 Å². The number of benzene rings is 2. The van der Waals surface area contributed by atoms with Gasteiger partial charge in [-0.3, -0.25) is 4.79 Å². The fourth-order valence-electron chi connectivity index (χ4n) is 3.70. The lowest BCUT2D eigenvalue weighted by atomic mass is 10.0. The number of ether oxygens (including phenoxy) is 1. The summed E-state index contributed by atoms with van der Waals surface area (Å²) in [5.41, 5.74) is 4.63. The number of nitrogens with zero attached hydrogens (tertiary/aromatic N) is 3. The lowest BCUT2D eigenvalue weighted by Crippen LogP contribution is -2.44. The fourth-order valence-corrected chi connectivity index (χ4v) is 3.70. The molecule has 1 aliphatic heterocycles. The molecule has 0 unspecified atom stereocenters. The van der Waals surface area contributed by atoms with Gasteiger partial charge in [-0.25, -0.2) is 0 Å². The van der Waals surface area contributed by atoms with E-state index in [4.69, 9.17) is 9.15 Å². The Morgan fingerprint density at radius 1 is 1.00 bits per heavy atom. The third kappa shape index (κ3) is 4.07. The van der Waals surface area contributed by atoms with Crippen LogP contribution < -0.4 is 4.90 Å². The minimum absolute atomic E-state index is 0.00106. The third-order valence-corrected chi connectivity index (χ3v) is 5.30. The van der Waals surface area contributed by atoms with Crippen LogP contribution in [0.25, 0.3) is 11.5 Å². The topological polar surface area (TPSA) is 68.5 Å². The van der Waals surface area contributed by atoms with Gasteiger partial charge in [-0.1, -0.05) is 12.1 Å². The molecule has 0 atom stereocenters. The second-order valence-electron chi connectivity index (χ2n) is 7.51. The van der Waals surface area contributed by atoms with Crippen LogP contribution in [0.5, 0.6) is 0 Å². The lowest BCUT2D eigenvalue weighted by Gasteiger charge is -2.35. The van der Waals surface area contributed by atoms with Crippen molar-refractivity contribution in [3.8, 4) is 11.5 Å². The number of hydrogen-bond donors (Lipinski definition) is 0. The van der Waals surface area contributed by atoms with E-state index in [1.54, 1.807) is 6.92 Å². The van der Waals surface area contributed by atoms with Gasteiger partial charge in [0.05, 0.1) is 0 Å². The minimum atomic E-state index is -0.00106. The molecule has 3 aromatic rings. The van der Waals surface area contributed by atoms with Gasteiger partial charge < -0.3 is 14.1 Å². The number of carbonyl (C=O) groups excluding carboxylic acids is 1. The van der Waals surface area contributed by atoms with Gasteiger partial charge in [-0.15, -0.1) is 10.2 Å². The molecule has 6 heteroatoms. The monoisotopic (exact) mass is 391 g/mol. The predicted molar refractivity (Wildman–Crippen MR) is 111 cm³/mol. The Bertz CT molecular complexity index is 1000. The van der Waals surface area contributed by atoms with E-state index in [2.05, 4.69) is 42.2 Å². The van der Waals surface area contributed by atoms with Crippen molar-refractivity contribution < 1.29 is 13.9 Å². The Kier molecular flexibility index (Phi) is 5.45. The van der Waals surface area contributed by atoms with Crippen molar-refractivity contribution in [2.24, 2.45) is 0 Å².